The van der Waals surface area contributed by atoms with Crippen LogP contribution in [0.1, 0.15) is 20.3 Å². The van der Waals surface area contributed by atoms with Crippen molar-refractivity contribution in [3.63, 3.8) is 0 Å². The van der Waals surface area contributed by atoms with Crippen LogP contribution < -0.4 is 0 Å². The lowest BCUT2D eigenvalue weighted by atomic mass is 10.2. The van der Waals surface area contributed by atoms with Crippen LogP contribution in [-0.2, 0) is 0 Å². The molecule has 0 aromatic rings. The Morgan fingerprint density at radius 2 is 2.08 bits per heavy atom. The van der Waals surface area contributed by atoms with Crippen molar-refractivity contribution in [2.75, 3.05) is 25.0 Å². The minimum atomic E-state index is 0.639. The molecular weight excluding hydrogens is 216 g/mol. The zero-order chi connectivity index (χ0) is 9.40. The second-order valence-corrected chi connectivity index (χ2v) is 4.08. The van der Waals surface area contributed by atoms with Crippen molar-refractivity contribution in [1.82, 2.24) is 4.90 Å². The van der Waals surface area contributed by atoms with Crippen molar-refractivity contribution in [3.8, 4) is 6.07 Å². The lowest BCUT2D eigenvalue weighted by Gasteiger charge is -2.21. The Labute approximate surface area is 83.7 Å². The van der Waals surface area contributed by atoms with E-state index >= 15 is 0 Å². The summed E-state index contributed by atoms with van der Waals surface area (Å²) in [7, 11) is 0. The quantitative estimate of drug-likeness (QED) is 0.658. The zero-order valence-electron chi connectivity index (χ0n) is 7.89. The molecule has 0 aromatic heterocycles. The smallest absolute Gasteiger partial charge is 0.0635 e. The molecule has 0 bridgehead atoms. The van der Waals surface area contributed by atoms with Crippen LogP contribution in [0.15, 0.2) is 0 Å². The van der Waals surface area contributed by atoms with Gasteiger partial charge in [-0.25, -0.2) is 0 Å². The van der Waals surface area contributed by atoms with Gasteiger partial charge in [0, 0.05) is 31.4 Å². The van der Waals surface area contributed by atoms with Crippen LogP contribution >= 0.6 is 15.9 Å². The SMILES string of the molecule is CC(C)CN(CCBr)CCC#N. The van der Waals surface area contributed by atoms with Crippen LogP contribution in [0.25, 0.3) is 0 Å². The van der Waals surface area contributed by atoms with Gasteiger partial charge >= 0.3 is 0 Å². The van der Waals surface area contributed by atoms with Gasteiger partial charge in [-0.2, -0.15) is 5.26 Å². The summed E-state index contributed by atoms with van der Waals surface area (Å²) >= 11 is 3.41. The van der Waals surface area contributed by atoms with E-state index in [1.807, 2.05) is 0 Å². The number of alkyl halides is 1. The van der Waals surface area contributed by atoms with Gasteiger partial charge in [0.15, 0.2) is 0 Å². The number of rotatable bonds is 6. The Kier molecular flexibility index (Phi) is 7.53. The molecule has 0 aliphatic carbocycles. The molecule has 0 amide bonds. The maximum Gasteiger partial charge on any atom is 0.0635 e. The van der Waals surface area contributed by atoms with Gasteiger partial charge in [-0.1, -0.05) is 29.8 Å². The van der Waals surface area contributed by atoms with Crippen LogP contribution in [-0.4, -0.2) is 29.9 Å². The first-order valence-electron chi connectivity index (χ1n) is 4.36. The number of hydrogen-bond acceptors (Lipinski definition) is 2. The first-order valence-corrected chi connectivity index (χ1v) is 5.48. The standard InChI is InChI=1S/C9H17BrN2/c1-9(2)8-12(7-4-10)6-3-5-11/h9H,3-4,6-8H2,1-2H3. The highest BCUT2D eigenvalue weighted by molar-refractivity contribution is 9.09. The number of hydrogen-bond donors (Lipinski definition) is 0. The molecule has 0 rings (SSSR count). The van der Waals surface area contributed by atoms with Gasteiger partial charge in [-0.05, 0) is 5.92 Å². The average molecular weight is 233 g/mol. The van der Waals surface area contributed by atoms with Gasteiger partial charge in [0.1, 0.15) is 0 Å². The molecular formula is C9H17BrN2. The molecule has 0 N–H and O–H groups in total. The van der Waals surface area contributed by atoms with Crippen molar-refractivity contribution < 1.29 is 0 Å². The molecule has 3 heteroatoms. The Bertz CT molecular complexity index is 140. The van der Waals surface area contributed by atoms with E-state index in [2.05, 4.69) is 40.7 Å². The summed E-state index contributed by atoms with van der Waals surface area (Å²) in [6.07, 6.45) is 0.639. The van der Waals surface area contributed by atoms with Crippen LogP contribution in [0.3, 0.4) is 0 Å². The monoisotopic (exact) mass is 232 g/mol. The molecule has 0 unspecified atom stereocenters. The summed E-state index contributed by atoms with van der Waals surface area (Å²) in [6, 6.07) is 2.17. The minimum absolute atomic E-state index is 0.639. The summed E-state index contributed by atoms with van der Waals surface area (Å²) in [6.45, 7) is 7.44. The van der Waals surface area contributed by atoms with E-state index in [9.17, 15) is 0 Å². The van der Waals surface area contributed by atoms with E-state index in [-0.39, 0.29) is 0 Å². The minimum Gasteiger partial charge on any atom is -0.301 e. The van der Waals surface area contributed by atoms with E-state index in [1.54, 1.807) is 0 Å². The molecule has 0 heterocycles. The fourth-order valence-corrected chi connectivity index (χ4v) is 1.64. The maximum atomic E-state index is 8.43. The number of nitrogens with zero attached hydrogens (tertiary/aromatic N) is 2. The maximum absolute atomic E-state index is 8.43. The second-order valence-electron chi connectivity index (χ2n) is 3.29. The first kappa shape index (κ1) is 11.9. The molecule has 2 nitrogen and oxygen atoms in total. The van der Waals surface area contributed by atoms with Crippen molar-refractivity contribution in [1.29, 1.82) is 5.26 Å². The molecule has 0 saturated heterocycles. The topological polar surface area (TPSA) is 27.0 Å². The van der Waals surface area contributed by atoms with Gasteiger partial charge in [0.2, 0.25) is 0 Å². The third-order valence-electron chi connectivity index (χ3n) is 1.56. The molecule has 70 valence electrons. The fraction of sp³-hybridized carbons (Fsp3) is 0.889. The summed E-state index contributed by atoms with van der Waals surface area (Å²) in [5.74, 6) is 0.683. The van der Waals surface area contributed by atoms with Crippen molar-refractivity contribution in [2.24, 2.45) is 5.92 Å². The molecule has 0 aliphatic rings. The van der Waals surface area contributed by atoms with Gasteiger partial charge in [-0.3, -0.25) is 0 Å². The van der Waals surface area contributed by atoms with Crippen LogP contribution in [0.2, 0.25) is 0 Å². The van der Waals surface area contributed by atoms with Crippen molar-refractivity contribution in [3.05, 3.63) is 0 Å². The Morgan fingerprint density at radius 1 is 1.42 bits per heavy atom. The van der Waals surface area contributed by atoms with E-state index < -0.39 is 0 Å². The Morgan fingerprint density at radius 3 is 2.50 bits per heavy atom. The summed E-state index contributed by atoms with van der Waals surface area (Å²) in [5, 5.41) is 9.42. The van der Waals surface area contributed by atoms with Gasteiger partial charge in [0.05, 0.1) is 6.07 Å². The van der Waals surface area contributed by atoms with E-state index in [4.69, 9.17) is 5.26 Å². The number of halogens is 1. The predicted octanol–water partition coefficient (Wildman–Crippen LogP) is 2.25. The van der Waals surface area contributed by atoms with E-state index in [0.29, 0.717) is 12.3 Å². The third kappa shape index (κ3) is 6.63. The molecule has 0 saturated carbocycles. The normalized spacial score (nSPS) is 10.7. The lowest BCUT2D eigenvalue weighted by Crippen LogP contribution is -2.30. The molecule has 12 heavy (non-hydrogen) atoms. The van der Waals surface area contributed by atoms with Crippen LogP contribution in [0.4, 0.5) is 0 Å². The summed E-state index contributed by atoms with van der Waals surface area (Å²) < 4.78 is 0. The Hall–Kier alpha value is -0.0700. The fourth-order valence-electron chi connectivity index (χ4n) is 1.14. The molecule has 0 radical (unpaired) electrons. The van der Waals surface area contributed by atoms with Gasteiger partial charge in [0.25, 0.3) is 0 Å². The zero-order valence-corrected chi connectivity index (χ0v) is 9.47. The van der Waals surface area contributed by atoms with Crippen molar-refractivity contribution >= 4 is 15.9 Å². The summed E-state index contributed by atoms with van der Waals surface area (Å²) in [4.78, 5) is 2.32. The molecule has 0 aromatic carbocycles. The van der Waals surface area contributed by atoms with Crippen LogP contribution in [0, 0.1) is 17.2 Å². The van der Waals surface area contributed by atoms with Gasteiger partial charge in [-0.15, -0.1) is 0 Å². The van der Waals surface area contributed by atoms with E-state index in [1.165, 1.54) is 0 Å². The molecule has 0 fully saturated rings. The van der Waals surface area contributed by atoms with Crippen LogP contribution in [0.5, 0.6) is 0 Å². The third-order valence-corrected chi connectivity index (χ3v) is 1.92. The highest BCUT2D eigenvalue weighted by Crippen LogP contribution is 2.00. The lowest BCUT2D eigenvalue weighted by molar-refractivity contribution is 0.264. The Balaban J connectivity index is 3.63. The predicted molar refractivity (Wildman–Crippen MR) is 55.3 cm³/mol. The highest BCUT2D eigenvalue weighted by Gasteiger charge is 2.05. The largest absolute Gasteiger partial charge is 0.301 e. The summed E-state index contributed by atoms with van der Waals surface area (Å²) in [5.41, 5.74) is 0. The molecule has 0 spiro atoms. The first-order chi connectivity index (χ1) is 5.70. The highest BCUT2D eigenvalue weighted by atomic mass is 79.9. The molecule has 0 atom stereocenters. The van der Waals surface area contributed by atoms with E-state index in [0.717, 1.165) is 25.0 Å². The molecule has 0 aliphatic heterocycles. The van der Waals surface area contributed by atoms with Gasteiger partial charge < -0.3 is 4.90 Å². The second kappa shape index (κ2) is 7.57. The van der Waals surface area contributed by atoms with Crippen molar-refractivity contribution in [2.45, 2.75) is 20.3 Å². The number of nitriles is 1. The average Bonchev–Trinajstić information content (AvgIpc) is 2.00.